The number of rotatable bonds is 9. The number of nitrogens with zero attached hydrogens (tertiary/aromatic N) is 2. The Hall–Kier alpha value is -8.40. The van der Waals surface area contributed by atoms with E-state index < -0.39 is 0 Å². The topological polar surface area (TPSA) is 0 Å². The van der Waals surface area contributed by atoms with Crippen LogP contribution in [-0.4, -0.2) is 0 Å². The first kappa shape index (κ1) is 39.2. The van der Waals surface area contributed by atoms with Crippen LogP contribution in [0.4, 0.5) is 45.5 Å². The van der Waals surface area contributed by atoms with Crippen molar-refractivity contribution in [2.24, 2.45) is 0 Å². The predicted molar refractivity (Wildman–Crippen MR) is 282 cm³/mol. The molecule has 0 amide bonds. The molecule has 0 saturated carbocycles. The van der Waals surface area contributed by atoms with E-state index >= 15 is 0 Å². The van der Waals surface area contributed by atoms with Crippen molar-refractivity contribution in [2.45, 2.75) is 0 Å². The smallest absolute Gasteiger partial charge is 0.148 e. The van der Waals surface area contributed by atoms with Crippen molar-refractivity contribution in [3.63, 3.8) is 0 Å². The van der Waals surface area contributed by atoms with Crippen LogP contribution in [0.3, 0.4) is 0 Å². The molecule has 0 spiro atoms. The molecular weight excluding hydrogens is 797 g/mol. The van der Waals surface area contributed by atoms with E-state index in [0.29, 0.717) is 8.97 Å². The third-order valence-electron chi connectivity index (χ3n) is 13.6. The fourth-order valence-electron chi connectivity index (χ4n) is 10.6. The highest BCUT2D eigenvalue weighted by Crippen LogP contribution is 2.54. The van der Waals surface area contributed by atoms with Gasteiger partial charge >= 0.3 is 0 Å². The van der Waals surface area contributed by atoms with Crippen molar-refractivity contribution in [1.82, 2.24) is 8.97 Å². The summed E-state index contributed by atoms with van der Waals surface area (Å²) in [4.78, 5) is 0. The van der Waals surface area contributed by atoms with Gasteiger partial charge in [0.1, 0.15) is 45.5 Å². The second kappa shape index (κ2) is 16.3. The van der Waals surface area contributed by atoms with E-state index in [1.807, 2.05) is 0 Å². The van der Waals surface area contributed by atoms with Crippen LogP contribution in [0, 0.1) is 0 Å². The molecular formula is C64H46N2+2. The largest absolute Gasteiger partial charge is 0.194 e. The molecule has 0 aliphatic carbocycles. The molecule has 0 unspecified atom stereocenters. The molecule has 2 heteroatoms. The van der Waals surface area contributed by atoms with Gasteiger partial charge in [-0.15, -0.1) is 0 Å². The van der Waals surface area contributed by atoms with E-state index in [0.717, 1.165) is 22.5 Å². The van der Waals surface area contributed by atoms with Crippen LogP contribution in [0.25, 0.3) is 54.2 Å². The van der Waals surface area contributed by atoms with Crippen LogP contribution < -0.4 is 8.97 Å². The maximum Gasteiger partial charge on any atom is 0.148 e. The van der Waals surface area contributed by atoms with E-state index in [1.54, 1.807) is 0 Å². The molecule has 0 aromatic heterocycles. The lowest BCUT2D eigenvalue weighted by Crippen LogP contribution is -2.33. The first-order chi connectivity index (χ1) is 32.7. The molecule has 2 nitrogen and oxygen atoms in total. The molecule has 0 aliphatic rings. The highest BCUT2D eigenvalue weighted by atomic mass is 15.4. The summed E-state index contributed by atoms with van der Waals surface area (Å²) in [5.74, 6) is 0. The van der Waals surface area contributed by atoms with Gasteiger partial charge in [-0.1, -0.05) is 146 Å². The number of quaternary nitrogens is 2. The predicted octanol–water partition coefficient (Wildman–Crippen LogP) is 18.6. The van der Waals surface area contributed by atoms with Gasteiger partial charge in [0.2, 0.25) is 0 Å². The molecule has 0 atom stereocenters. The lowest BCUT2D eigenvalue weighted by atomic mass is 9.98. The molecule has 0 fully saturated rings. The molecule has 0 bridgehead atoms. The van der Waals surface area contributed by atoms with Crippen molar-refractivity contribution in [3.05, 3.63) is 279 Å². The van der Waals surface area contributed by atoms with E-state index in [9.17, 15) is 0 Å². The molecule has 0 saturated heterocycles. The fraction of sp³-hybridized carbons (Fsp3) is 0. The van der Waals surface area contributed by atoms with E-state index in [4.69, 9.17) is 0 Å². The average molecular weight is 843 g/mol. The highest BCUT2D eigenvalue weighted by Gasteiger charge is 2.41. The quantitative estimate of drug-likeness (QED) is 0.100. The molecule has 0 heterocycles. The minimum Gasteiger partial charge on any atom is -0.194 e. The summed E-state index contributed by atoms with van der Waals surface area (Å²) >= 11 is 0. The summed E-state index contributed by atoms with van der Waals surface area (Å²) in [7, 11) is 0. The fourth-order valence-corrected chi connectivity index (χ4v) is 10.6. The SMILES string of the molecule is c1ccc([N+](c2ccccc2)(c2ccc(-c3ccc([N+](c4ccccc4)(c4ccccc4)c4ccc5c(ccc6ccccc65)c4)cc3)cc2)c2ccc3c(ccc4ccccc43)c2)cc1. The maximum atomic E-state index is 2.39. The minimum absolute atomic E-state index is 0.430. The Morgan fingerprint density at radius 3 is 0.773 bits per heavy atom. The zero-order valence-corrected chi connectivity index (χ0v) is 36.5. The van der Waals surface area contributed by atoms with Gasteiger partial charge < -0.3 is 0 Å². The summed E-state index contributed by atoms with van der Waals surface area (Å²) < 4.78 is 0.860. The van der Waals surface area contributed by atoms with Crippen LogP contribution in [0.2, 0.25) is 0 Å². The third kappa shape index (κ3) is 6.35. The first-order valence-electron chi connectivity index (χ1n) is 22.8. The summed E-state index contributed by atoms with van der Waals surface area (Å²) in [5.41, 5.74) is 11.6. The Balaban J connectivity index is 1.00. The molecule has 12 rings (SSSR count). The minimum atomic E-state index is 0.430. The standard InChI is InChI=1S/C64H46N2/c1-5-19-53(20-6-1)65(54-21-7-2-8-22-54,59-41-43-63-51(45-59)31-29-49-17-13-15-27-61(49)63)57-37-33-47(34-38-57)48-35-39-58(40-36-48)66(55-23-9-3-10-24-55,56-25-11-4-12-26-56)60-42-44-64-52(46-60)32-30-50-18-14-16-28-62(50)64/h1-46H/q+2. The lowest BCUT2D eigenvalue weighted by Gasteiger charge is -2.37. The molecule has 0 N–H and O–H groups in total. The van der Waals surface area contributed by atoms with Gasteiger partial charge in [0.25, 0.3) is 0 Å². The van der Waals surface area contributed by atoms with Gasteiger partial charge in [-0.25, -0.2) is 0 Å². The van der Waals surface area contributed by atoms with Gasteiger partial charge in [-0.2, -0.15) is 8.97 Å². The summed E-state index contributed by atoms with van der Waals surface area (Å²) in [5, 5.41) is 9.98. The van der Waals surface area contributed by atoms with Crippen molar-refractivity contribution >= 4 is 88.6 Å². The van der Waals surface area contributed by atoms with Crippen molar-refractivity contribution in [3.8, 4) is 11.1 Å². The van der Waals surface area contributed by atoms with Gasteiger partial charge in [0.15, 0.2) is 0 Å². The molecule has 12 aromatic rings. The number of para-hydroxylation sites is 4. The molecule has 0 radical (unpaired) electrons. The monoisotopic (exact) mass is 842 g/mol. The molecule has 0 aliphatic heterocycles. The first-order valence-corrected chi connectivity index (χ1v) is 22.8. The number of hydrogen-bond acceptors (Lipinski definition) is 0. The Morgan fingerprint density at radius 2 is 0.424 bits per heavy atom. The second-order valence-electron chi connectivity index (χ2n) is 17.2. The Labute approximate surface area is 385 Å². The van der Waals surface area contributed by atoms with Crippen LogP contribution >= 0.6 is 0 Å². The Kier molecular flexibility index (Phi) is 9.69. The lowest BCUT2D eigenvalue weighted by molar-refractivity contribution is 0.704. The number of benzene rings is 12. The van der Waals surface area contributed by atoms with E-state index in [-0.39, 0.29) is 0 Å². The van der Waals surface area contributed by atoms with Gasteiger partial charge in [-0.3, -0.25) is 0 Å². The van der Waals surface area contributed by atoms with E-state index in [1.165, 1.54) is 77.2 Å². The van der Waals surface area contributed by atoms with Crippen LogP contribution in [0.5, 0.6) is 0 Å². The Morgan fingerprint density at radius 1 is 0.167 bits per heavy atom. The van der Waals surface area contributed by atoms with Crippen LogP contribution in [0.1, 0.15) is 0 Å². The molecule has 310 valence electrons. The highest BCUT2D eigenvalue weighted by molar-refractivity contribution is 6.10. The van der Waals surface area contributed by atoms with Crippen molar-refractivity contribution in [1.29, 1.82) is 0 Å². The van der Waals surface area contributed by atoms with Gasteiger partial charge in [0.05, 0.1) is 0 Å². The van der Waals surface area contributed by atoms with Crippen molar-refractivity contribution < 1.29 is 0 Å². The second-order valence-corrected chi connectivity index (χ2v) is 17.2. The summed E-state index contributed by atoms with van der Waals surface area (Å²) in [6.45, 7) is 0. The van der Waals surface area contributed by atoms with Gasteiger partial charge in [-0.05, 0) is 90.6 Å². The summed E-state index contributed by atoms with van der Waals surface area (Å²) in [6, 6.07) is 103. The summed E-state index contributed by atoms with van der Waals surface area (Å²) in [6.07, 6.45) is 0. The van der Waals surface area contributed by atoms with Crippen LogP contribution in [-0.2, 0) is 0 Å². The number of hydrogen-bond donors (Lipinski definition) is 0. The van der Waals surface area contributed by atoms with Crippen molar-refractivity contribution in [2.75, 3.05) is 0 Å². The van der Waals surface area contributed by atoms with E-state index in [2.05, 4.69) is 279 Å². The normalized spacial score (nSPS) is 11.9. The maximum absolute atomic E-state index is 2.39. The Bertz CT molecular complexity index is 3330. The third-order valence-corrected chi connectivity index (χ3v) is 13.6. The number of fused-ring (bicyclic) bond motifs is 6. The zero-order valence-electron chi connectivity index (χ0n) is 36.5. The molecule has 66 heavy (non-hydrogen) atoms. The average Bonchev–Trinajstić information content (AvgIpc) is 3.40. The molecule has 12 aromatic carbocycles. The van der Waals surface area contributed by atoms with Crippen LogP contribution in [0.15, 0.2) is 279 Å². The zero-order chi connectivity index (χ0) is 43.9. The van der Waals surface area contributed by atoms with Gasteiger partial charge in [0, 0.05) is 97.1 Å².